The number of carbonyl (C=O) groups excluding carboxylic acids is 2. The van der Waals surface area contributed by atoms with Crippen LogP contribution in [0, 0.1) is 5.92 Å². The number of hydrogen-bond donors (Lipinski definition) is 2. The lowest BCUT2D eigenvalue weighted by molar-refractivity contribution is -0.153. The summed E-state index contributed by atoms with van der Waals surface area (Å²) >= 11 is 0. The number of carbonyl (C=O) groups is 3. The molecule has 32 heavy (non-hydrogen) atoms. The molecule has 0 bridgehead atoms. The van der Waals surface area contributed by atoms with E-state index in [1.54, 1.807) is 13.8 Å². The van der Waals surface area contributed by atoms with Gasteiger partial charge in [0.15, 0.2) is 0 Å². The third-order valence-electron chi connectivity index (χ3n) is 6.15. The molecule has 1 amide bonds. The molecule has 4 atom stereocenters. The van der Waals surface area contributed by atoms with Gasteiger partial charge in [-0.3, -0.25) is 14.9 Å². The van der Waals surface area contributed by atoms with E-state index in [4.69, 9.17) is 4.74 Å². The molecule has 1 saturated heterocycles. The third-order valence-corrected chi connectivity index (χ3v) is 6.15. The van der Waals surface area contributed by atoms with Crippen LogP contribution in [0.15, 0.2) is 54.1 Å². The molecule has 7 heteroatoms. The summed E-state index contributed by atoms with van der Waals surface area (Å²) in [6.45, 7) is 3.97. The first-order chi connectivity index (χ1) is 15.4. The highest BCUT2D eigenvalue weighted by Gasteiger charge is 2.40. The molecule has 1 aromatic carbocycles. The van der Waals surface area contributed by atoms with E-state index in [2.05, 4.69) is 5.32 Å². The summed E-state index contributed by atoms with van der Waals surface area (Å²) in [7, 11) is 0. The maximum absolute atomic E-state index is 13.3. The molecule has 3 rings (SSSR count). The minimum absolute atomic E-state index is 0.159. The number of rotatable bonds is 9. The van der Waals surface area contributed by atoms with E-state index >= 15 is 0 Å². The van der Waals surface area contributed by atoms with Gasteiger partial charge in [0.2, 0.25) is 5.91 Å². The van der Waals surface area contributed by atoms with Crippen molar-refractivity contribution in [3.05, 3.63) is 59.7 Å². The molecule has 0 aromatic heterocycles. The third kappa shape index (κ3) is 5.85. The van der Waals surface area contributed by atoms with E-state index in [1.165, 1.54) is 4.90 Å². The number of benzene rings is 1. The predicted molar refractivity (Wildman–Crippen MR) is 121 cm³/mol. The van der Waals surface area contributed by atoms with Crippen molar-refractivity contribution in [2.24, 2.45) is 5.92 Å². The number of likely N-dealkylation sites (tertiary alicyclic amines) is 1. The average molecular weight is 441 g/mol. The monoisotopic (exact) mass is 440 g/mol. The SMILES string of the molecule is CCOC(=O)C(CCc1ccccc1)NC(C)C(=O)N1CC2=CC=CCC2C[C@H]1C(=O)O. The number of aliphatic carboxylic acids is 1. The van der Waals surface area contributed by atoms with Crippen LogP contribution in [-0.4, -0.2) is 59.1 Å². The fourth-order valence-electron chi connectivity index (χ4n) is 4.41. The largest absolute Gasteiger partial charge is 0.480 e. The molecule has 0 radical (unpaired) electrons. The van der Waals surface area contributed by atoms with E-state index in [9.17, 15) is 19.5 Å². The summed E-state index contributed by atoms with van der Waals surface area (Å²) in [6.07, 6.45) is 8.30. The molecule has 172 valence electrons. The Morgan fingerprint density at radius 1 is 1.25 bits per heavy atom. The van der Waals surface area contributed by atoms with Crippen LogP contribution < -0.4 is 5.32 Å². The Bertz CT molecular complexity index is 880. The van der Waals surface area contributed by atoms with Crippen LogP contribution in [0.2, 0.25) is 0 Å². The van der Waals surface area contributed by atoms with E-state index < -0.39 is 30.1 Å². The molecule has 2 N–H and O–H groups in total. The number of fused-ring (bicyclic) bond motifs is 1. The van der Waals surface area contributed by atoms with Crippen molar-refractivity contribution in [3.63, 3.8) is 0 Å². The second-order valence-corrected chi connectivity index (χ2v) is 8.38. The first-order valence-corrected chi connectivity index (χ1v) is 11.3. The zero-order valence-electron chi connectivity index (χ0n) is 18.7. The standard InChI is InChI=1S/C25H32N2O5/c1-3-32-25(31)21(14-13-18-9-5-4-6-10-18)26-17(2)23(28)27-16-20-12-8-7-11-19(20)15-22(27)24(29)30/h4-10,12,17,19,21-22,26H,3,11,13-16H2,1-2H3,(H,29,30)/t17?,19?,21?,22-/m0/s1. The van der Waals surface area contributed by atoms with E-state index in [0.717, 1.165) is 17.6 Å². The maximum Gasteiger partial charge on any atom is 0.326 e. The van der Waals surface area contributed by atoms with Gasteiger partial charge < -0.3 is 14.7 Å². The van der Waals surface area contributed by atoms with Gasteiger partial charge in [0.1, 0.15) is 12.1 Å². The van der Waals surface area contributed by atoms with E-state index in [-0.39, 0.29) is 18.4 Å². The van der Waals surface area contributed by atoms with Crippen LogP contribution in [0.1, 0.15) is 38.7 Å². The van der Waals surface area contributed by atoms with Gasteiger partial charge in [-0.2, -0.15) is 0 Å². The number of nitrogens with one attached hydrogen (secondary N) is 1. The highest BCUT2D eigenvalue weighted by Crippen LogP contribution is 2.33. The van der Waals surface area contributed by atoms with Crippen molar-refractivity contribution < 1.29 is 24.2 Å². The zero-order valence-corrected chi connectivity index (χ0v) is 18.7. The Balaban J connectivity index is 1.70. The topological polar surface area (TPSA) is 95.9 Å². The van der Waals surface area contributed by atoms with Crippen LogP contribution in [0.4, 0.5) is 0 Å². The summed E-state index contributed by atoms with van der Waals surface area (Å²) in [5, 5.41) is 12.9. The summed E-state index contributed by atoms with van der Waals surface area (Å²) in [5.74, 6) is -1.56. The number of carboxylic acid groups (broad SMARTS) is 1. The number of amides is 1. The molecule has 0 spiro atoms. The smallest absolute Gasteiger partial charge is 0.326 e. The number of esters is 1. The minimum Gasteiger partial charge on any atom is -0.480 e. The molecular formula is C25H32N2O5. The van der Waals surface area contributed by atoms with Crippen molar-refractivity contribution in [2.75, 3.05) is 13.2 Å². The molecular weight excluding hydrogens is 408 g/mol. The Hall–Kier alpha value is -2.93. The number of ether oxygens (including phenoxy) is 1. The normalized spacial score (nSPS) is 21.8. The molecule has 1 aliphatic heterocycles. The van der Waals surface area contributed by atoms with Crippen molar-refractivity contribution in [2.45, 2.75) is 57.7 Å². The van der Waals surface area contributed by atoms with Crippen LogP contribution in [-0.2, 0) is 25.5 Å². The lowest BCUT2D eigenvalue weighted by Gasteiger charge is -2.41. The number of hydrogen-bond acceptors (Lipinski definition) is 5. The van der Waals surface area contributed by atoms with Crippen LogP contribution in [0.25, 0.3) is 0 Å². The van der Waals surface area contributed by atoms with Gasteiger partial charge in [0.25, 0.3) is 0 Å². The molecule has 7 nitrogen and oxygen atoms in total. The number of carboxylic acids is 1. The number of aryl methyl sites for hydroxylation is 1. The van der Waals surface area contributed by atoms with Crippen LogP contribution in [0.3, 0.4) is 0 Å². The number of nitrogens with zero attached hydrogens (tertiary/aromatic N) is 1. The van der Waals surface area contributed by atoms with Crippen molar-refractivity contribution in [1.29, 1.82) is 0 Å². The summed E-state index contributed by atoms with van der Waals surface area (Å²) < 4.78 is 5.21. The molecule has 3 unspecified atom stereocenters. The molecule has 1 aliphatic carbocycles. The number of allylic oxidation sites excluding steroid dienone is 3. The molecule has 0 saturated carbocycles. The average Bonchev–Trinajstić information content (AvgIpc) is 2.80. The van der Waals surface area contributed by atoms with Crippen molar-refractivity contribution >= 4 is 17.8 Å². The Kier molecular flexibility index (Phi) is 8.22. The van der Waals surface area contributed by atoms with Crippen molar-refractivity contribution in [1.82, 2.24) is 10.2 Å². The highest BCUT2D eigenvalue weighted by atomic mass is 16.5. The lowest BCUT2D eigenvalue weighted by atomic mass is 9.81. The minimum atomic E-state index is -0.995. The van der Waals surface area contributed by atoms with E-state index in [0.29, 0.717) is 25.8 Å². The van der Waals surface area contributed by atoms with Crippen LogP contribution in [0.5, 0.6) is 0 Å². The molecule has 1 fully saturated rings. The van der Waals surface area contributed by atoms with Crippen LogP contribution >= 0.6 is 0 Å². The van der Waals surface area contributed by atoms with Gasteiger partial charge in [0.05, 0.1) is 12.6 Å². The zero-order chi connectivity index (χ0) is 23.1. The number of piperidine rings is 1. The summed E-state index contributed by atoms with van der Waals surface area (Å²) in [6, 6.07) is 7.55. The lowest BCUT2D eigenvalue weighted by Crippen LogP contribution is -2.57. The van der Waals surface area contributed by atoms with Crippen molar-refractivity contribution in [3.8, 4) is 0 Å². The Labute approximate surface area is 189 Å². The predicted octanol–water partition coefficient (Wildman–Crippen LogP) is 2.72. The summed E-state index contributed by atoms with van der Waals surface area (Å²) in [5.41, 5.74) is 2.17. The molecule has 1 aromatic rings. The Morgan fingerprint density at radius 2 is 2.00 bits per heavy atom. The Morgan fingerprint density at radius 3 is 2.69 bits per heavy atom. The first-order valence-electron chi connectivity index (χ1n) is 11.3. The second kappa shape index (κ2) is 11.1. The fourth-order valence-corrected chi connectivity index (χ4v) is 4.41. The van der Waals surface area contributed by atoms with Gasteiger partial charge in [-0.15, -0.1) is 0 Å². The van der Waals surface area contributed by atoms with E-state index in [1.807, 2.05) is 48.6 Å². The highest BCUT2D eigenvalue weighted by molar-refractivity contribution is 5.88. The van der Waals surface area contributed by atoms with Gasteiger partial charge in [-0.1, -0.05) is 48.6 Å². The van der Waals surface area contributed by atoms with Gasteiger partial charge >= 0.3 is 11.9 Å². The molecule has 1 heterocycles. The fraction of sp³-hybridized carbons (Fsp3) is 0.480. The van der Waals surface area contributed by atoms with Gasteiger partial charge in [-0.05, 0) is 56.6 Å². The quantitative estimate of drug-likeness (QED) is 0.573. The summed E-state index contributed by atoms with van der Waals surface area (Å²) in [4.78, 5) is 39.2. The van der Waals surface area contributed by atoms with Gasteiger partial charge in [0, 0.05) is 6.54 Å². The maximum atomic E-state index is 13.3. The molecule has 2 aliphatic rings. The van der Waals surface area contributed by atoms with Gasteiger partial charge in [-0.25, -0.2) is 4.79 Å². The second-order valence-electron chi connectivity index (χ2n) is 8.38. The first kappa shape index (κ1) is 23.7.